The quantitative estimate of drug-likeness (QED) is 0.210. The molecule has 0 bridgehead atoms. The van der Waals surface area contributed by atoms with Gasteiger partial charge in [-0.05, 0) is 42.0 Å². The van der Waals surface area contributed by atoms with Gasteiger partial charge in [0, 0.05) is 16.1 Å². The minimum atomic E-state index is -0.988. The van der Waals surface area contributed by atoms with Crippen LogP contribution in [-0.2, 0) is 11.2 Å². The highest BCUT2D eigenvalue weighted by Gasteiger charge is 2.27. The summed E-state index contributed by atoms with van der Waals surface area (Å²) in [4.78, 5) is 24.5. The molecule has 4 rings (SSSR count). The van der Waals surface area contributed by atoms with Gasteiger partial charge >= 0.3 is 5.97 Å². The largest absolute Gasteiger partial charge is 0.497 e. The summed E-state index contributed by atoms with van der Waals surface area (Å²) in [5, 5.41) is 17.1. The van der Waals surface area contributed by atoms with Gasteiger partial charge in [0.15, 0.2) is 5.76 Å². The Morgan fingerprint density at radius 3 is 2.55 bits per heavy atom. The number of carbonyl (C=O) groups excluding carboxylic acids is 1. The van der Waals surface area contributed by atoms with Crippen LogP contribution in [0.5, 0.6) is 11.5 Å². The van der Waals surface area contributed by atoms with Crippen molar-refractivity contribution in [3.63, 3.8) is 0 Å². The van der Waals surface area contributed by atoms with Crippen molar-refractivity contribution in [1.29, 1.82) is 0 Å². The maximum atomic E-state index is 13.4. The van der Waals surface area contributed by atoms with E-state index in [0.717, 1.165) is 0 Å². The molecule has 3 aromatic carbocycles. The molecule has 0 saturated carbocycles. The van der Waals surface area contributed by atoms with Crippen LogP contribution in [0.2, 0.25) is 15.1 Å². The number of rotatable bonds is 10. The Labute approximate surface area is 233 Å². The van der Waals surface area contributed by atoms with E-state index in [4.69, 9.17) is 53.9 Å². The zero-order valence-electron chi connectivity index (χ0n) is 20.0. The van der Waals surface area contributed by atoms with E-state index >= 15 is 0 Å². The number of nitrogens with one attached hydrogen (secondary N) is 1. The van der Waals surface area contributed by atoms with Crippen LogP contribution in [0.4, 0.5) is 0 Å². The smallest absolute Gasteiger partial charge is 0.307 e. The maximum Gasteiger partial charge on any atom is 0.307 e. The first-order valence-electron chi connectivity index (χ1n) is 11.3. The van der Waals surface area contributed by atoms with Gasteiger partial charge in [0.1, 0.15) is 29.4 Å². The number of amides is 1. The van der Waals surface area contributed by atoms with E-state index in [1.54, 1.807) is 54.6 Å². The predicted molar refractivity (Wildman–Crippen MR) is 145 cm³/mol. The van der Waals surface area contributed by atoms with Crippen molar-refractivity contribution in [3.8, 4) is 34.1 Å². The number of hydrogen-bond acceptors (Lipinski definition) is 6. The van der Waals surface area contributed by atoms with Crippen molar-refractivity contribution in [1.82, 2.24) is 10.5 Å². The zero-order valence-corrected chi connectivity index (χ0v) is 22.2. The van der Waals surface area contributed by atoms with Gasteiger partial charge in [-0.25, -0.2) is 0 Å². The van der Waals surface area contributed by atoms with Crippen LogP contribution in [0.15, 0.2) is 65.2 Å². The highest BCUT2D eigenvalue weighted by molar-refractivity contribution is 6.35. The SMILES string of the molecule is COc1cccc(-c2onc(-c3ccc(CC(=O)O)cc3Cl)c2C(=O)NCCOc2ccc(Cl)cc2Cl)c1. The number of nitrogens with zero attached hydrogens (tertiary/aromatic N) is 1. The molecule has 0 radical (unpaired) electrons. The number of aromatic nitrogens is 1. The molecule has 1 amide bonds. The van der Waals surface area contributed by atoms with E-state index in [1.165, 1.54) is 13.2 Å². The minimum Gasteiger partial charge on any atom is -0.497 e. The molecule has 0 saturated heterocycles. The highest BCUT2D eigenvalue weighted by Crippen LogP contribution is 2.37. The normalized spacial score (nSPS) is 10.7. The van der Waals surface area contributed by atoms with Crippen molar-refractivity contribution in [2.24, 2.45) is 0 Å². The topological polar surface area (TPSA) is 111 Å². The Morgan fingerprint density at radius 2 is 1.84 bits per heavy atom. The van der Waals surface area contributed by atoms with Gasteiger partial charge < -0.3 is 24.4 Å². The Bertz CT molecular complexity index is 1490. The molecular formula is C27H21Cl3N2O6. The molecule has 4 aromatic rings. The van der Waals surface area contributed by atoms with Crippen molar-refractivity contribution >= 4 is 46.7 Å². The monoisotopic (exact) mass is 574 g/mol. The summed E-state index contributed by atoms with van der Waals surface area (Å²) in [5.41, 5.74) is 1.83. The predicted octanol–water partition coefficient (Wildman–Crippen LogP) is 6.41. The molecule has 8 nitrogen and oxygen atoms in total. The Hall–Kier alpha value is -3.72. The minimum absolute atomic E-state index is 0.132. The van der Waals surface area contributed by atoms with Gasteiger partial charge in [0.25, 0.3) is 5.91 Å². The van der Waals surface area contributed by atoms with Crippen LogP contribution in [0.3, 0.4) is 0 Å². The molecule has 0 aliphatic heterocycles. The lowest BCUT2D eigenvalue weighted by atomic mass is 10.00. The average molecular weight is 576 g/mol. The molecule has 0 aliphatic carbocycles. The van der Waals surface area contributed by atoms with Gasteiger partial charge in [-0.1, -0.05) is 64.2 Å². The summed E-state index contributed by atoms with van der Waals surface area (Å²) < 4.78 is 16.6. The van der Waals surface area contributed by atoms with Crippen LogP contribution in [-0.4, -0.2) is 42.4 Å². The Morgan fingerprint density at radius 1 is 1.03 bits per heavy atom. The first-order valence-corrected chi connectivity index (χ1v) is 12.4. The number of carboxylic acids is 1. The average Bonchev–Trinajstić information content (AvgIpc) is 3.32. The van der Waals surface area contributed by atoms with Crippen molar-refractivity contribution in [2.45, 2.75) is 6.42 Å². The molecule has 1 heterocycles. The summed E-state index contributed by atoms with van der Waals surface area (Å²) in [6, 6.07) is 16.6. The molecule has 2 N–H and O–H groups in total. The summed E-state index contributed by atoms with van der Waals surface area (Å²) in [6.07, 6.45) is -0.196. The van der Waals surface area contributed by atoms with E-state index in [1.807, 2.05) is 0 Å². The Balaban J connectivity index is 1.63. The molecule has 11 heteroatoms. The second-order valence-corrected chi connectivity index (χ2v) is 9.28. The van der Waals surface area contributed by atoms with Gasteiger partial charge in [0.05, 0.1) is 30.1 Å². The summed E-state index contributed by atoms with van der Waals surface area (Å²) in [5.74, 6) is -0.255. The van der Waals surface area contributed by atoms with Crippen LogP contribution in [0, 0.1) is 0 Å². The summed E-state index contributed by atoms with van der Waals surface area (Å²) >= 11 is 18.5. The van der Waals surface area contributed by atoms with Crippen LogP contribution < -0.4 is 14.8 Å². The van der Waals surface area contributed by atoms with Crippen molar-refractivity contribution in [3.05, 3.63) is 86.9 Å². The van der Waals surface area contributed by atoms with E-state index in [9.17, 15) is 9.59 Å². The third-order valence-electron chi connectivity index (χ3n) is 5.43. The molecule has 196 valence electrons. The Kier molecular flexibility index (Phi) is 8.78. The molecule has 0 aliphatic rings. The van der Waals surface area contributed by atoms with Gasteiger partial charge in [-0.15, -0.1) is 0 Å². The van der Waals surface area contributed by atoms with Gasteiger partial charge in [-0.3, -0.25) is 9.59 Å². The number of aliphatic carboxylic acids is 1. The standard InChI is InChI=1S/C27H21Cl3N2O6/c1-36-18-4-2-3-16(13-18)26-24(27(35)31-9-10-37-22-8-6-17(28)14-21(22)30)25(32-38-26)19-7-5-15(11-20(19)29)12-23(33)34/h2-8,11,13-14H,9-10,12H2,1H3,(H,31,35)(H,33,34). The highest BCUT2D eigenvalue weighted by atomic mass is 35.5. The molecule has 0 atom stereocenters. The fraction of sp³-hybridized carbons (Fsp3) is 0.148. The molecule has 0 unspecified atom stereocenters. The number of halogens is 3. The third-order valence-corrected chi connectivity index (χ3v) is 6.28. The maximum absolute atomic E-state index is 13.4. The summed E-state index contributed by atoms with van der Waals surface area (Å²) in [6.45, 7) is 0.276. The van der Waals surface area contributed by atoms with E-state index in [2.05, 4.69) is 10.5 Å². The first kappa shape index (κ1) is 27.3. The number of ether oxygens (including phenoxy) is 2. The lowest BCUT2D eigenvalue weighted by molar-refractivity contribution is -0.136. The number of carboxylic acid groups (broad SMARTS) is 1. The first-order chi connectivity index (χ1) is 18.3. The molecule has 0 fully saturated rings. The second kappa shape index (κ2) is 12.2. The second-order valence-electron chi connectivity index (χ2n) is 8.03. The lowest BCUT2D eigenvalue weighted by Crippen LogP contribution is -2.28. The van der Waals surface area contributed by atoms with E-state index < -0.39 is 11.9 Å². The van der Waals surface area contributed by atoms with Crippen LogP contribution in [0.1, 0.15) is 15.9 Å². The lowest BCUT2D eigenvalue weighted by Gasteiger charge is -2.11. The number of benzene rings is 3. The fourth-order valence-electron chi connectivity index (χ4n) is 3.69. The van der Waals surface area contributed by atoms with E-state index in [-0.39, 0.29) is 41.6 Å². The molecule has 0 spiro atoms. The van der Waals surface area contributed by atoms with E-state index in [0.29, 0.717) is 38.2 Å². The summed E-state index contributed by atoms with van der Waals surface area (Å²) in [7, 11) is 1.53. The van der Waals surface area contributed by atoms with Crippen LogP contribution in [0.25, 0.3) is 22.6 Å². The van der Waals surface area contributed by atoms with Gasteiger partial charge in [-0.2, -0.15) is 0 Å². The number of methoxy groups -OCH3 is 1. The third kappa shape index (κ3) is 6.39. The van der Waals surface area contributed by atoms with Crippen molar-refractivity contribution < 1.29 is 28.7 Å². The molecular weight excluding hydrogens is 555 g/mol. The number of hydrogen-bond donors (Lipinski definition) is 2. The number of carbonyl (C=O) groups is 2. The van der Waals surface area contributed by atoms with Crippen LogP contribution >= 0.6 is 34.8 Å². The van der Waals surface area contributed by atoms with Gasteiger partial charge in [0.2, 0.25) is 0 Å². The zero-order chi connectivity index (χ0) is 27.2. The molecule has 38 heavy (non-hydrogen) atoms. The molecule has 1 aromatic heterocycles. The van der Waals surface area contributed by atoms with Crippen molar-refractivity contribution in [2.75, 3.05) is 20.3 Å². The fourth-order valence-corrected chi connectivity index (χ4v) is 4.44.